The van der Waals surface area contributed by atoms with Crippen LogP contribution in [0.15, 0.2) is 4.79 Å². The van der Waals surface area contributed by atoms with Crippen LogP contribution in [0.2, 0.25) is 0 Å². The van der Waals surface area contributed by atoms with Crippen LogP contribution in [0.25, 0.3) is 0 Å². The number of hydrogen-bond acceptors (Lipinski definition) is 4. The first-order chi connectivity index (χ1) is 7.61. The van der Waals surface area contributed by atoms with Gasteiger partial charge >= 0.3 is 0 Å². The summed E-state index contributed by atoms with van der Waals surface area (Å²) in [5.74, 6) is 0. The number of hydrogen-bond donors (Lipinski definition) is 2. The van der Waals surface area contributed by atoms with E-state index in [0.29, 0.717) is 11.4 Å². The SMILES string of the molecule is Cc1nn(C2CCCCC2)c(=O)c(N)c1N. The maximum Gasteiger partial charge on any atom is 0.292 e. The molecule has 1 heterocycles. The lowest BCUT2D eigenvalue weighted by Gasteiger charge is -2.23. The largest absolute Gasteiger partial charge is 0.395 e. The van der Waals surface area contributed by atoms with E-state index in [0.717, 1.165) is 25.7 Å². The van der Waals surface area contributed by atoms with Gasteiger partial charge in [-0.3, -0.25) is 4.79 Å². The van der Waals surface area contributed by atoms with Crippen molar-refractivity contribution in [2.45, 2.75) is 45.1 Å². The molecule has 1 saturated carbocycles. The third-order valence-corrected chi connectivity index (χ3v) is 3.30. The molecule has 0 aromatic carbocycles. The van der Waals surface area contributed by atoms with Crippen molar-refractivity contribution in [3.63, 3.8) is 0 Å². The van der Waals surface area contributed by atoms with E-state index in [1.54, 1.807) is 6.92 Å². The van der Waals surface area contributed by atoms with Gasteiger partial charge in [-0.05, 0) is 19.8 Å². The lowest BCUT2D eigenvalue weighted by Crippen LogP contribution is -2.32. The van der Waals surface area contributed by atoms with Crippen molar-refractivity contribution in [3.05, 3.63) is 16.0 Å². The highest BCUT2D eigenvalue weighted by Gasteiger charge is 2.20. The third kappa shape index (κ3) is 1.77. The Kier molecular flexibility index (Phi) is 2.85. The van der Waals surface area contributed by atoms with E-state index in [4.69, 9.17) is 11.5 Å². The van der Waals surface area contributed by atoms with Crippen LogP contribution in [0.1, 0.15) is 43.8 Å². The average molecular weight is 222 g/mol. The predicted octanol–water partition coefficient (Wildman–Crippen LogP) is 1.22. The second-order valence-electron chi connectivity index (χ2n) is 4.45. The van der Waals surface area contributed by atoms with E-state index in [1.807, 2.05) is 0 Å². The van der Waals surface area contributed by atoms with E-state index in [-0.39, 0.29) is 17.3 Å². The van der Waals surface area contributed by atoms with Gasteiger partial charge in [0.25, 0.3) is 5.56 Å². The number of aromatic nitrogens is 2. The first-order valence-corrected chi connectivity index (χ1v) is 5.75. The molecule has 0 spiro atoms. The van der Waals surface area contributed by atoms with E-state index in [9.17, 15) is 4.79 Å². The Bertz CT molecular complexity index is 446. The molecule has 0 saturated heterocycles. The van der Waals surface area contributed by atoms with E-state index < -0.39 is 0 Å². The Morgan fingerprint density at radius 3 is 2.44 bits per heavy atom. The quantitative estimate of drug-likeness (QED) is 0.748. The lowest BCUT2D eigenvalue weighted by molar-refractivity contribution is 0.318. The molecule has 0 bridgehead atoms. The summed E-state index contributed by atoms with van der Waals surface area (Å²) in [4.78, 5) is 11.9. The average Bonchev–Trinajstić information content (AvgIpc) is 2.32. The highest BCUT2D eigenvalue weighted by Crippen LogP contribution is 2.27. The summed E-state index contributed by atoms with van der Waals surface area (Å²) in [5, 5.41) is 4.26. The Hall–Kier alpha value is -1.52. The van der Waals surface area contributed by atoms with E-state index in [2.05, 4.69) is 5.10 Å². The highest BCUT2D eigenvalue weighted by molar-refractivity contribution is 5.63. The molecule has 1 aliphatic rings. The van der Waals surface area contributed by atoms with Crippen LogP contribution in [0.3, 0.4) is 0 Å². The van der Waals surface area contributed by atoms with Gasteiger partial charge in [-0.15, -0.1) is 0 Å². The molecular formula is C11H18N4O. The second-order valence-corrected chi connectivity index (χ2v) is 4.45. The zero-order valence-corrected chi connectivity index (χ0v) is 9.57. The Morgan fingerprint density at radius 1 is 1.19 bits per heavy atom. The van der Waals surface area contributed by atoms with E-state index in [1.165, 1.54) is 11.1 Å². The number of anilines is 2. The van der Waals surface area contributed by atoms with Gasteiger partial charge in [0, 0.05) is 0 Å². The van der Waals surface area contributed by atoms with Crippen molar-refractivity contribution >= 4 is 11.4 Å². The molecule has 2 rings (SSSR count). The molecule has 0 unspecified atom stereocenters. The summed E-state index contributed by atoms with van der Waals surface area (Å²) in [6.45, 7) is 1.78. The van der Waals surface area contributed by atoms with Crippen LogP contribution in [-0.4, -0.2) is 9.78 Å². The molecule has 1 fully saturated rings. The molecule has 1 aromatic heterocycles. The Labute approximate surface area is 94.4 Å². The van der Waals surface area contributed by atoms with E-state index >= 15 is 0 Å². The van der Waals surface area contributed by atoms with Crippen molar-refractivity contribution in [1.82, 2.24) is 9.78 Å². The zero-order valence-electron chi connectivity index (χ0n) is 9.57. The smallest absolute Gasteiger partial charge is 0.292 e. The maximum absolute atomic E-state index is 11.9. The van der Waals surface area contributed by atoms with Crippen molar-refractivity contribution < 1.29 is 0 Å². The number of rotatable bonds is 1. The molecular weight excluding hydrogens is 204 g/mol. The molecule has 0 amide bonds. The molecule has 5 nitrogen and oxygen atoms in total. The fraction of sp³-hybridized carbons (Fsp3) is 0.636. The number of nitrogens with zero attached hydrogens (tertiary/aromatic N) is 2. The summed E-state index contributed by atoms with van der Waals surface area (Å²) in [7, 11) is 0. The molecule has 0 aliphatic heterocycles. The summed E-state index contributed by atoms with van der Waals surface area (Å²) < 4.78 is 1.53. The van der Waals surface area contributed by atoms with Crippen molar-refractivity contribution in [2.24, 2.45) is 0 Å². The highest BCUT2D eigenvalue weighted by atomic mass is 16.1. The third-order valence-electron chi connectivity index (χ3n) is 3.30. The summed E-state index contributed by atoms with van der Waals surface area (Å²) in [5.41, 5.74) is 12.2. The van der Waals surface area contributed by atoms with Gasteiger partial charge in [0.1, 0.15) is 5.69 Å². The Balaban J connectivity index is 2.44. The predicted molar refractivity (Wildman–Crippen MR) is 64.2 cm³/mol. The van der Waals surface area contributed by atoms with Crippen LogP contribution >= 0.6 is 0 Å². The molecule has 1 aliphatic carbocycles. The minimum atomic E-state index is -0.241. The molecule has 4 N–H and O–H groups in total. The summed E-state index contributed by atoms with van der Waals surface area (Å²) in [6.07, 6.45) is 5.57. The first kappa shape index (κ1) is 11.0. The van der Waals surface area contributed by atoms with Gasteiger partial charge < -0.3 is 11.5 Å². The van der Waals surface area contributed by atoms with Gasteiger partial charge in [-0.1, -0.05) is 19.3 Å². The number of aryl methyl sites for hydroxylation is 1. The monoisotopic (exact) mass is 222 g/mol. The number of nitrogens with two attached hydrogens (primary N) is 2. The van der Waals surface area contributed by atoms with Gasteiger partial charge in [-0.25, -0.2) is 4.68 Å². The minimum absolute atomic E-state index is 0.137. The fourth-order valence-corrected chi connectivity index (χ4v) is 2.27. The van der Waals surface area contributed by atoms with Gasteiger partial charge in [0.15, 0.2) is 0 Å². The number of nitrogen functional groups attached to an aromatic ring is 2. The van der Waals surface area contributed by atoms with Gasteiger partial charge in [-0.2, -0.15) is 5.10 Å². The van der Waals surface area contributed by atoms with Gasteiger partial charge in [0.2, 0.25) is 0 Å². The fourth-order valence-electron chi connectivity index (χ4n) is 2.27. The maximum atomic E-state index is 11.9. The van der Waals surface area contributed by atoms with Crippen LogP contribution in [0.4, 0.5) is 11.4 Å². The Morgan fingerprint density at radius 2 is 1.81 bits per heavy atom. The molecule has 1 aromatic rings. The topological polar surface area (TPSA) is 86.9 Å². The molecule has 5 heteroatoms. The molecule has 0 radical (unpaired) electrons. The minimum Gasteiger partial charge on any atom is -0.395 e. The van der Waals surface area contributed by atoms with Gasteiger partial charge in [0.05, 0.1) is 17.4 Å². The molecule has 16 heavy (non-hydrogen) atoms. The summed E-state index contributed by atoms with van der Waals surface area (Å²) >= 11 is 0. The van der Waals surface area contributed by atoms with Crippen LogP contribution in [0.5, 0.6) is 0 Å². The first-order valence-electron chi connectivity index (χ1n) is 5.75. The molecule has 88 valence electrons. The van der Waals surface area contributed by atoms with Crippen molar-refractivity contribution in [2.75, 3.05) is 11.5 Å². The normalized spacial score (nSPS) is 17.6. The van der Waals surface area contributed by atoms with Crippen LogP contribution in [0, 0.1) is 6.92 Å². The summed E-state index contributed by atoms with van der Waals surface area (Å²) in [6, 6.07) is 0.197. The standard InChI is InChI=1S/C11H18N4O/c1-7-9(12)10(13)11(16)15(14-7)8-5-3-2-4-6-8/h8H,2-6,12-13H2,1H3. The lowest BCUT2D eigenvalue weighted by atomic mass is 9.95. The van der Waals surface area contributed by atoms with Crippen LogP contribution in [-0.2, 0) is 0 Å². The zero-order chi connectivity index (χ0) is 11.7. The van der Waals surface area contributed by atoms with Crippen molar-refractivity contribution in [1.29, 1.82) is 0 Å². The van der Waals surface area contributed by atoms with Crippen molar-refractivity contribution in [3.8, 4) is 0 Å². The van der Waals surface area contributed by atoms with Crippen LogP contribution < -0.4 is 17.0 Å². The second kappa shape index (κ2) is 4.15. The molecule has 0 atom stereocenters.